The van der Waals surface area contributed by atoms with Gasteiger partial charge in [-0.05, 0) is 125 Å². The van der Waals surface area contributed by atoms with Crippen LogP contribution in [0.2, 0.25) is 0 Å². The van der Waals surface area contributed by atoms with Gasteiger partial charge >= 0.3 is 36.0 Å². The Morgan fingerprint density at radius 3 is 0.795 bits per heavy atom. The molecular weight excluding hydrogens is 666 g/mol. The number of hydrogen-bond acceptors (Lipinski definition) is 0. The first-order valence-corrected chi connectivity index (χ1v) is 18.9. The molecule has 0 unspecified atom stereocenters. The quantitative estimate of drug-likeness (QED) is 0.193. The van der Waals surface area contributed by atoms with E-state index in [2.05, 4.69) is 51.4 Å². The van der Waals surface area contributed by atoms with E-state index in [1.165, 1.54) is 128 Å². The summed E-state index contributed by atoms with van der Waals surface area (Å²) in [5.74, 6) is 0. The molecule has 5 heteroatoms. The fourth-order valence-electron chi connectivity index (χ4n) is 7.95. The number of halogens is 1. The first kappa shape index (κ1) is 37.5. The van der Waals surface area contributed by atoms with Gasteiger partial charge in [0.1, 0.15) is 0 Å². The van der Waals surface area contributed by atoms with Crippen LogP contribution in [0.1, 0.15) is 128 Å². The van der Waals surface area contributed by atoms with Gasteiger partial charge < -0.3 is 12.4 Å². The number of hydrogen-bond donors (Lipinski definition) is 0. The summed E-state index contributed by atoms with van der Waals surface area (Å²) in [6.45, 7) is 0. The van der Waals surface area contributed by atoms with E-state index < -0.39 is 0 Å². The average molecular weight is 718 g/mol. The average Bonchev–Trinajstić information content (AvgIpc) is 3.68. The molecular formula is C34H52ClNiP2Ru+3. The van der Waals surface area contributed by atoms with E-state index in [0.717, 1.165) is 22.6 Å². The topological polar surface area (TPSA) is 0 Å². The van der Waals surface area contributed by atoms with Crippen molar-refractivity contribution in [1.29, 1.82) is 0 Å². The van der Waals surface area contributed by atoms with Crippen molar-refractivity contribution in [2.45, 2.75) is 151 Å². The summed E-state index contributed by atoms with van der Waals surface area (Å²) in [4.78, 5) is 0. The molecule has 0 aliphatic heterocycles. The molecule has 0 N–H and O–H groups in total. The van der Waals surface area contributed by atoms with Crippen LogP contribution < -0.4 is 12.4 Å². The van der Waals surface area contributed by atoms with E-state index >= 15 is 0 Å². The van der Waals surface area contributed by atoms with Gasteiger partial charge in [-0.3, -0.25) is 0 Å². The van der Waals surface area contributed by atoms with Crippen molar-refractivity contribution in [1.82, 2.24) is 0 Å². The van der Waals surface area contributed by atoms with Crippen molar-refractivity contribution >= 4 is 15.8 Å². The fraction of sp³-hybridized carbons (Fsp3) is 0.706. The minimum absolute atomic E-state index is 0. The first-order valence-electron chi connectivity index (χ1n) is 15.9. The van der Waals surface area contributed by atoms with Gasteiger partial charge in [0, 0.05) is 11.3 Å². The Labute approximate surface area is 276 Å². The smallest absolute Gasteiger partial charge is 1.00 e. The van der Waals surface area contributed by atoms with Crippen LogP contribution in [-0.4, -0.2) is 22.6 Å². The molecule has 0 saturated heterocycles. The van der Waals surface area contributed by atoms with Gasteiger partial charge in [0.05, 0.1) is 0 Å². The maximum atomic E-state index is 2.43. The predicted molar refractivity (Wildman–Crippen MR) is 162 cm³/mol. The van der Waals surface area contributed by atoms with Crippen LogP contribution >= 0.6 is 15.8 Å². The Morgan fingerprint density at radius 1 is 0.385 bits per heavy atom. The summed E-state index contributed by atoms with van der Waals surface area (Å²) in [6, 6.07) is 0. The Hall–Kier alpha value is 2.27. The zero-order chi connectivity index (χ0) is 24.4. The molecule has 0 amide bonds. The summed E-state index contributed by atoms with van der Waals surface area (Å²) in [7, 11) is 0.290. The molecule has 220 valence electrons. The molecule has 0 spiro atoms. The van der Waals surface area contributed by atoms with Crippen molar-refractivity contribution in [2.24, 2.45) is 0 Å². The molecule has 39 heavy (non-hydrogen) atoms. The predicted octanol–water partition coefficient (Wildman–Crippen LogP) is 7.99. The van der Waals surface area contributed by atoms with Crippen LogP contribution in [0.25, 0.3) is 0 Å². The Morgan fingerprint density at radius 2 is 0.590 bits per heavy atom. The van der Waals surface area contributed by atoms with Crippen LogP contribution in [-0.2, 0) is 36.0 Å². The Bertz CT molecular complexity index is 500. The zero-order valence-corrected chi connectivity index (χ0v) is 29.3. The first-order chi connectivity index (χ1) is 17.9. The van der Waals surface area contributed by atoms with E-state index in [9.17, 15) is 0 Å². The SMILES string of the molecule is [CH]1[CH][CH][C](P(C2CCCCC2)C2CCCCC2)[CH]1.[CH]1[CH][CH][C](P(C2CCCCC2)C2CCCCC2)[CH]1.[Cl-].[Ni+2].[Ru+2]. The van der Waals surface area contributed by atoms with Crippen molar-refractivity contribution in [3.63, 3.8) is 0 Å². The minimum Gasteiger partial charge on any atom is -1.00 e. The molecule has 6 fully saturated rings. The largest absolute Gasteiger partial charge is 2.00 e. The third-order valence-electron chi connectivity index (χ3n) is 9.76. The van der Waals surface area contributed by atoms with Crippen molar-refractivity contribution in [2.75, 3.05) is 0 Å². The molecule has 0 aromatic carbocycles. The molecule has 0 aromatic heterocycles. The van der Waals surface area contributed by atoms with Crippen LogP contribution in [0, 0.1) is 62.7 Å². The molecule has 10 radical (unpaired) electrons. The van der Waals surface area contributed by atoms with Crippen LogP contribution in [0.4, 0.5) is 0 Å². The molecule has 0 bridgehead atoms. The summed E-state index contributed by atoms with van der Waals surface area (Å²) in [5.41, 5.74) is 7.67. The van der Waals surface area contributed by atoms with Gasteiger partial charge in [0.2, 0.25) is 0 Å². The van der Waals surface area contributed by atoms with E-state index in [0.29, 0.717) is 0 Å². The van der Waals surface area contributed by atoms with Crippen molar-refractivity contribution in [3.05, 3.63) is 62.7 Å². The van der Waals surface area contributed by atoms with Gasteiger partial charge in [-0.15, -0.1) is 0 Å². The maximum Gasteiger partial charge on any atom is 2.00 e. The van der Waals surface area contributed by atoms with Crippen LogP contribution in [0.5, 0.6) is 0 Å². The third-order valence-corrected chi connectivity index (χ3v) is 16.8. The molecule has 0 nitrogen and oxygen atoms in total. The summed E-state index contributed by atoms with van der Waals surface area (Å²) in [6.07, 6.45) is 48.9. The monoisotopic (exact) mass is 717 g/mol. The Kier molecular flexibility index (Phi) is 20.2. The second-order valence-corrected chi connectivity index (χ2v) is 17.9. The normalized spacial score (nSPS) is 26.9. The van der Waals surface area contributed by atoms with Gasteiger partial charge in [-0.2, -0.15) is 0 Å². The number of rotatable bonds is 6. The van der Waals surface area contributed by atoms with Gasteiger partial charge in [0.15, 0.2) is 0 Å². The van der Waals surface area contributed by atoms with Gasteiger partial charge in [-0.1, -0.05) is 92.9 Å². The van der Waals surface area contributed by atoms with E-state index in [1.54, 1.807) is 11.3 Å². The second kappa shape index (κ2) is 21.1. The molecule has 0 aromatic rings. The summed E-state index contributed by atoms with van der Waals surface area (Å²) >= 11 is 0. The van der Waals surface area contributed by atoms with Gasteiger partial charge in [0.25, 0.3) is 0 Å². The molecule has 6 aliphatic rings. The standard InChI is InChI=1S/2C17H26P.ClH.Ni.Ru/c2*1-3-9-15(10-4-1)18(17-13-7-8-14-17)16-11-5-2-6-12-16;;;/h2*7-8,13-16H,1-6,9-12H2;1H;;/q;;;2*+2/p-1. The molecule has 0 heterocycles. The zero-order valence-electron chi connectivity index (χ0n) is 24.0. The summed E-state index contributed by atoms with van der Waals surface area (Å²) < 4.78 is 0. The van der Waals surface area contributed by atoms with E-state index in [-0.39, 0.29) is 64.2 Å². The van der Waals surface area contributed by atoms with Crippen molar-refractivity contribution in [3.8, 4) is 0 Å². The van der Waals surface area contributed by atoms with Crippen LogP contribution in [0.3, 0.4) is 0 Å². The molecule has 6 saturated carbocycles. The van der Waals surface area contributed by atoms with Crippen LogP contribution in [0.15, 0.2) is 0 Å². The third kappa shape index (κ3) is 11.3. The van der Waals surface area contributed by atoms with Gasteiger partial charge in [-0.25, -0.2) is 0 Å². The Balaban J connectivity index is 0.000000254. The maximum absolute atomic E-state index is 2.43. The molecule has 6 rings (SSSR count). The second-order valence-electron chi connectivity index (χ2n) is 12.3. The molecule has 0 atom stereocenters. The van der Waals surface area contributed by atoms with E-state index in [1.807, 2.05) is 0 Å². The fourth-order valence-corrected chi connectivity index (χ4v) is 15.5. The summed E-state index contributed by atoms with van der Waals surface area (Å²) in [5, 5.41) is 0. The molecule has 6 aliphatic carbocycles. The minimum atomic E-state index is 0. The van der Waals surface area contributed by atoms with Crippen molar-refractivity contribution < 1.29 is 48.4 Å². The van der Waals surface area contributed by atoms with E-state index in [4.69, 9.17) is 0 Å².